The molecule has 0 N–H and O–H groups in total. The van der Waals surface area contributed by atoms with Gasteiger partial charge in [0.2, 0.25) is 9.84 Å². The minimum Gasteiger partial charge on any atom is -0.399 e. The largest absolute Gasteiger partial charge is 0.494 e. The maximum Gasteiger partial charge on any atom is 0.494 e. The standard InChI is InChI=1S/C20H28BNO6S/c1-18(2)19(3,4)28-21(27-18)16-5-7-17(8-6-16)29(23,24)15-26-14-20(13-22)9-11-25-12-10-20/h5-8H,9-12,14-15H2,1-4H3. The molecule has 3 rings (SSSR count). The normalized spacial score (nSPS) is 22.9. The lowest BCUT2D eigenvalue weighted by Crippen LogP contribution is -2.41. The number of rotatable bonds is 6. The number of nitriles is 1. The van der Waals surface area contributed by atoms with Crippen molar-refractivity contribution in [3.8, 4) is 6.07 Å². The third-order valence-corrected chi connectivity index (χ3v) is 7.54. The Balaban J connectivity index is 1.62. The highest BCUT2D eigenvalue weighted by Gasteiger charge is 2.51. The van der Waals surface area contributed by atoms with E-state index in [1.165, 1.54) is 12.1 Å². The van der Waals surface area contributed by atoms with Gasteiger partial charge in [0.25, 0.3) is 0 Å². The van der Waals surface area contributed by atoms with Crippen molar-refractivity contribution in [1.82, 2.24) is 0 Å². The van der Waals surface area contributed by atoms with Crippen LogP contribution in [-0.4, -0.2) is 52.5 Å². The number of nitrogens with zero attached hydrogens (tertiary/aromatic N) is 1. The third-order valence-electron chi connectivity index (χ3n) is 6.07. The molecule has 1 aromatic rings. The zero-order valence-corrected chi connectivity index (χ0v) is 18.3. The second-order valence-electron chi connectivity index (χ2n) is 8.74. The van der Waals surface area contributed by atoms with Crippen molar-refractivity contribution >= 4 is 22.4 Å². The topological polar surface area (TPSA) is 94.9 Å². The molecule has 0 aliphatic carbocycles. The predicted molar refractivity (Wildman–Crippen MR) is 108 cm³/mol. The Morgan fingerprint density at radius 1 is 1.07 bits per heavy atom. The lowest BCUT2D eigenvalue weighted by Gasteiger charge is -2.32. The molecular weight excluding hydrogens is 393 g/mol. The van der Waals surface area contributed by atoms with Crippen molar-refractivity contribution in [1.29, 1.82) is 5.26 Å². The Labute approximate surface area is 173 Å². The van der Waals surface area contributed by atoms with Crippen molar-refractivity contribution in [2.45, 2.75) is 56.6 Å². The van der Waals surface area contributed by atoms with Gasteiger partial charge in [-0.25, -0.2) is 8.42 Å². The summed E-state index contributed by atoms with van der Waals surface area (Å²) < 4.78 is 47.9. The van der Waals surface area contributed by atoms with Crippen LogP contribution in [0, 0.1) is 16.7 Å². The fraction of sp³-hybridized carbons (Fsp3) is 0.650. The van der Waals surface area contributed by atoms with Gasteiger partial charge in [0, 0.05) is 13.2 Å². The second-order valence-corrected chi connectivity index (χ2v) is 10.7. The molecular formula is C20H28BNO6S. The van der Waals surface area contributed by atoms with Gasteiger partial charge in [-0.3, -0.25) is 0 Å². The van der Waals surface area contributed by atoms with E-state index in [9.17, 15) is 13.7 Å². The number of ether oxygens (including phenoxy) is 2. The zero-order valence-electron chi connectivity index (χ0n) is 17.4. The van der Waals surface area contributed by atoms with Crippen molar-refractivity contribution in [3.05, 3.63) is 24.3 Å². The van der Waals surface area contributed by atoms with Crippen LogP contribution in [0.15, 0.2) is 29.2 Å². The molecule has 1 aromatic carbocycles. The van der Waals surface area contributed by atoms with Gasteiger partial charge in [-0.15, -0.1) is 0 Å². The average Bonchev–Trinajstić information content (AvgIpc) is 2.90. The summed E-state index contributed by atoms with van der Waals surface area (Å²) in [6.45, 7) is 8.93. The molecule has 2 fully saturated rings. The van der Waals surface area contributed by atoms with Gasteiger partial charge in [-0.1, -0.05) is 12.1 Å². The Morgan fingerprint density at radius 3 is 2.14 bits per heavy atom. The van der Waals surface area contributed by atoms with E-state index in [1.807, 2.05) is 27.7 Å². The first kappa shape index (κ1) is 22.3. The summed E-state index contributed by atoms with van der Waals surface area (Å²) in [7, 11) is -4.17. The van der Waals surface area contributed by atoms with Crippen LogP contribution in [0.5, 0.6) is 0 Å². The first-order valence-corrected chi connectivity index (χ1v) is 11.4. The molecule has 0 radical (unpaired) electrons. The van der Waals surface area contributed by atoms with E-state index in [0.29, 0.717) is 26.1 Å². The fourth-order valence-electron chi connectivity index (χ4n) is 3.28. The van der Waals surface area contributed by atoms with Gasteiger partial charge in [-0.2, -0.15) is 5.26 Å². The van der Waals surface area contributed by atoms with Crippen LogP contribution in [0.2, 0.25) is 0 Å². The Morgan fingerprint density at radius 2 is 1.62 bits per heavy atom. The maximum atomic E-state index is 12.6. The van der Waals surface area contributed by atoms with E-state index in [0.717, 1.165) is 5.46 Å². The lowest BCUT2D eigenvalue weighted by molar-refractivity contribution is -0.00192. The summed E-state index contributed by atoms with van der Waals surface area (Å²) in [6, 6.07) is 8.74. The molecule has 2 heterocycles. The molecule has 0 amide bonds. The van der Waals surface area contributed by atoms with Gasteiger partial charge < -0.3 is 18.8 Å². The molecule has 0 atom stereocenters. The quantitative estimate of drug-likeness (QED) is 0.649. The molecule has 0 bridgehead atoms. The van der Waals surface area contributed by atoms with Crippen LogP contribution in [0.1, 0.15) is 40.5 Å². The van der Waals surface area contributed by atoms with Crippen LogP contribution in [0.25, 0.3) is 0 Å². The third kappa shape index (κ3) is 4.67. The molecule has 2 aliphatic rings. The van der Waals surface area contributed by atoms with E-state index >= 15 is 0 Å². The molecule has 7 nitrogen and oxygen atoms in total. The summed E-state index contributed by atoms with van der Waals surface area (Å²) in [4.78, 5) is 0.163. The van der Waals surface area contributed by atoms with E-state index in [4.69, 9.17) is 18.8 Å². The summed E-state index contributed by atoms with van der Waals surface area (Å²) in [6.07, 6.45) is 1.10. The van der Waals surface area contributed by atoms with E-state index in [1.54, 1.807) is 12.1 Å². The molecule has 158 valence electrons. The Kier molecular flexibility index (Phi) is 6.14. The molecule has 2 saturated heterocycles. The number of hydrogen-bond donors (Lipinski definition) is 0. The van der Waals surface area contributed by atoms with Gasteiger partial charge in [-0.05, 0) is 58.1 Å². The van der Waals surface area contributed by atoms with Gasteiger partial charge in [0.05, 0.1) is 34.2 Å². The van der Waals surface area contributed by atoms with Gasteiger partial charge in [0.15, 0.2) is 5.94 Å². The van der Waals surface area contributed by atoms with Crippen LogP contribution < -0.4 is 5.46 Å². The number of sulfone groups is 1. The van der Waals surface area contributed by atoms with Crippen LogP contribution >= 0.6 is 0 Å². The number of hydrogen-bond acceptors (Lipinski definition) is 7. The van der Waals surface area contributed by atoms with Crippen molar-refractivity contribution < 1.29 is 27.2 Å². The second kappa shape index (κ2) is 8.01. The highest BCUT2D eigenvalue weighted by atomic mass is 32.2. The average molecular weight is 421 g/mol. The monoisotopic (exact) mass is 421 g/mol. The van der Waals surface area contributed by atoms with Crippen molar-refractivity contribution in [3.63, 3.8) is 0 Å². The van der Waals surface area contributed by atoms with Crippen molar-refractivity contribution in [2.24, 2.45) is 5.41 Å². The number of benzene rings is 1. The molecule has 0 spiro atoms. The molecule has 0 aromatic heterocycles. The minimum atomic E-state index is -3.63. The highest BCUT2D eigenvalue weighted by Crippen LogP contribution is 2.36. The van der Waals surface area contributed by atoms with Crippen LogP contribution in [0.4, 0.5) is 0 Å². The molecule has 0 unspecified atom stereocenters. The first-order chi connectivity index (χ1) is 13.5. The molecule has 0 saturated carbocycles. The maximum absolute atomic E-state index is 12.6. The summed E-state index contributed by atoms with van der Waals surface area (Å²) >= 11 is 0. The van der Waals surface area contributed by atoms with Crippen molar-refractivity contribution in [2.75, 3.05) is 25.8 Å². The SMILES string of the molecule is CC1(C)OB(c2ccc(S(=O)(=O)COCC3(C#N)CCOCC3)cc2)OC1(C)C. The Bertz CT molecular complexity index is 853. The van der Waals surface area contributed by atoms with Gasteiger partial charge >= 0.3 is 7.12 Å². The Hall–Kier alpha value is -1.44. The van der Waals surface area contributed by atoms with Crippen LogP contribution in [-0.2, 0) is 28.6 Å². The predicted octanol–water partition coefficient (Wildman–Crippen LogP) is 2.05. The summed E-state index contributed by atoms with van der Waals surface area (Å²) in [5.74, 6) is -0.465. The molecule has 2 aliphatic heterocycles. The van der Waals surface area contributed by atoms with Crippen LogP contribution in [0.3, 0.4) is 0 Å². The molecule has 9 heteroatoms. The summed E-state index contributed by atoms with van der Waals surface area (Å²) in [5, 5.41) is 9.44. The smallest absolute Gasteiger partial charge is 0.399 e. The van der Waals surface area contributed by atoms with E-state index < -0.39 is 39.5 Å². The van der Waals surface area contributed by atoms with E-state index in [-0.39, 0.29) is 11.5 Å². The minimum absolute atomic E-state index is 0.0814. The first-order valence-electron chi connectivity index (χ1n) is 9.75. The summed E-state index contributed by atoms with van der Waals surface area (Å²) in [5.41, 5.74) is -0.836. The van der Waals surface area contributed by atoms with Gasteiger partial charge in [0.1, 0.15) is 0 Å². The zero-order chi connectivity index (χ0) is 21.3. The fourth-order valence-corrected chi connectivity index (χ4v) is 4.27. The highest BCUT2D eigenvalue weighted by molar-refractivity contribution is 7.91. The lowest BCUT2D eigenvalue weighted by atomic mass is 9.79. The molecule has 29 heavy (non-hydrogen) atoms. The van der Waals surface area contributed by atoms with E-state index in [2.05, 4.69) is 6.07 Å².